The highest BCUT2D eigenvalue weighted by Crippen LogP contribution is 2.05. The maximum Gasteiger partial charge on any atom is 0.00764 e. The molecule has 0 rings (SSSR count). The summed E-state index contributed by atoms with van der Waals surface area (Å²) >= 11 is 0. The molecule has 0 aliphatic heterocycles. The summed E-state index contributed by atoms with van der Waals surface area (Å²) in [7, 11) is 1.96. The first-order valence-corrected chi connectivity index (χ1v) is 8.60. The first-order valence-electron chi connectivity index (χ1n) is 8.60. The lowest BCUT2D eigenvalue weighted by molar-refractivity contribution is 0.602. The van der Waals surface area contributed by atoms with Crippen molar-refractivity contribution in [3.63, 3.8) is 0 Å². The first-order chi connectivity index (χ1) is 9.24. The van der Waals surface area contributed by atoms with Crippen molar-refractivity contribution in [1.82, 2.24) is 10.6 Å². The Labute approximate surface area is 124 Å². The second-order valence-corrected chi connectivity index (χ2v) is 4.93. The van der Waals surface area contributed by atoms with Crippen molar-refractivity contribution in [3.8, 4) is 0 Å². The van der Waals surface area contributed by atoms with Gasteiger partial charge in [0.2, 0.25) is 0 Å². The summed E-state index contributed by atoms with van der Waals surface area (Å²) in [6, 6.07) is 0. The van der Waals surface area contributed by atoms with Gasteiger partial charge in [-0.1, -0.05) is 86.0 Å². The van der Waals surface area contributed by atoms with E-state index in [0.717, 1.165) is 19.6 Å². The van der Waals surface area contributed by atoms with Crippen LogP contribution in [0.25, 0.3) is 0 Å². The Balaban J connectivity index is -0.000000228. The molecule has 2 heteroatoms. The lowest BCUT2D eigenvalue weighted by Gasteiger charge is -1.96. The lowest BCUT2D eigenvalue weighted by Crippen LogP contribution is -2.24. The van der Waals surface area contributed by atoms with Crippen LogP contribution >= 0.6 is 0 Å². The van der Waals surface area contributed by atoms with E-state index in [4.69, 9.17) is 0 Å². The van der Waals surface area contributed by atoms with Gasteiger partial charge in [-0.05, 0) is 13.6 Å². The Morgan fingerprint density at radius 3 is 1.37 bits per heavy atom. The van der Waals surface area contributed by atoms with E-state index in [1.54, 1.807) is 0 Å². The van der Waals surface area contributed by atoms with Crippen LogP contribution < -0.4 is 10.6 Å². The highest BCUT2D eigenvalue weighted by Gasteiger charge is 1.85. The van der Waals surface area contributed by atoms with Gasteiger partial charge < -0.3 is 10.6 Å². The van der Waals surface area contributed by atoms with Crippen molar-refractivity contribution in [3.05, 3.63) is 0 Å². The van der Waals surface area contributed by atoms with Crippen LogP contribution in [-0.4, -0.2) is 26.7 Å². The fourth-order valence-electron chi connectivity index (χ4n) is 1.42. The molecule has 0 saturated carbocycles. The minimum Gasteiger partial charge on any atom is -0.318 e. The van der Waals surface area contributed by atoms with E-state index < -0.39 is 0 Å². The molecule has 0 spiro atoms. The SMILES string of the molecule is CCC.CCCCCCCCC.CCNCCNC. The van der Waals surface area contributed by atoms with Gasteiger partial charge in [-0.25, -0.2) is 0 Å². The van der Waals surface area contributed by atoms with Gasteiger partial charge in [-0.2, -0.15) is 0 Å². The monoisotopic (exact) mass is 274 g/mol. The number of nitrogens with one attached hydrogen (secondary N) is 2. The van der Waals surface area contributed by atoms with E-state index in [0.29, 0.717) is 0 Å². The maximum atomic E-state index is 3.19. The van der Waals surface area contributed by atoms with Gasteiger partial charge >= 0.3 is 0 Å². The summed E-state index contributed by atoms with van der Waals surface area (Å²) in [5.41, 5.74) is 0. The van der Waals surface area contributed by atoms with Crippen LogP contribution in [0.4, 0.5) is 0 Å². The van der Waals surface area contributed by atoms with Crippen molar-refractivity contribution in [2.75, 3.05) is 26.7 Å². The predicted molar refractivity (Wildman–Crippen MR) is 92.1 cm³/mol. The second-order valence-electron chi connectivity index (χ2n) is 4.93. The van der Waals surface area contributed by atoms with Crippen LogP contribution in [0, 0.1) is 0 Å². The second kappa shape index (κ2) is 30.7. The summed E-state index contributed by atoms with van der Waals surface area (Å²) < 4.78 is 0. The van der Waals surface area contributed by atoms with Crippen molar-refractivity contribution >= 4 is 0 Å². The van der Waals surface area contributed by atoms with Gasteiger partial charge in [-0.15, -0.1) is 0 Å². The van der Waals surface area contributed by atoms with Crippen molar-refractivity contribution in [1.29, 1.82) is 0 Å². The molecule has 0 aromatic heterocycles. The molecule has 0 bridgehead atoms. The average Bonchev–Trinajstić information content (AvgIpc) is 2.41. The number of hydrogen-bond donors (Lipinski definition) is 2. The molecule has 2 nitrogen and oxygen atoms in total. The fourth-order valence-corrected chi connectivity index (χ4v) is 1.42. The van der Waals surface area contributed by atoms with E-state index in [1.165, 1.54) is 51.4 Å². The van der Waals surface area contributed by atoms with E-state index in [1.807, 2.05) is 7.05 Å². The highest BCUT2D eigenvalue weighted by atomic mass is 14.9. The van der Waals surface area contributed by atoms with E-state index in [-0.39, 0.29) is 0 Å². The molecule has 19 heavy (non-hydrogen) atoms. The van der Waals surface area contributed by atoms with Crippen LogP contribution in [0.5, 0.6) is 0 Å². The molecule has 0 aliphatic rings. The zero-order chi connectivity index (χ0) is 15.2. The zero-order valence-electron chi connectivity index (χ0n) is 14.8. The van der Waals surface area contributed by atoms with E-state index >= 15 is 0 Å². The molecular formula is C17H42N2. The molecule has 0 aliphatic carbocycles. The third-order valence-corrected chi connectivity index (χ3v) is 2.51. The van der Waals surface area contributed by atoms with Crippen LogP contribution in [0.3, 0.4) is 0 Å². The van der Waals surface area contributed by atoms with E-state index in [9.17, 15) is 0 Å². The molecule has 0 heterocycles. The van der Waals surface area contributed by atoms with Crippen molar-refractivity contribution < 1.29 is 0 Å². The summed E-state index contributed by atoms with van der Waals surface area (Å²) in [4.78, 5) is 0. The van der Waals surface area contributed by atoms with Gasteiger partial charge in [0, 0.05) is 13.1 Å². The summed E-state index contributed by atoms with van der Waals surface area (Å²) in [5.74, 6) is 0. The largest absolute Gasteiger partial charge is 0.318 e. The van der Waals surface area contributed by atoms with Crippen molar-refractivity contribution in [2.24, 2.45) is 0 Å². The fraction of sp³-hybridized carbons (Fsp3) is 1.00. The number of unbranched alkanes of at least 4 members (excludes halogenated alkanes) is 6. The molecule has 0 amide bonds. The summed E-state index contributed by atoms with van der Waals surface area (Å²) in [5, 5.41) is 6.23. The Morgan fingerprint density at radius 1 is 0.632 bits per heavy atom. The van der Waals surface area contributed by atoms with Crippen LogP contribution in [0.15, 0.2) is 0 Å². The third-order valence-electron chi connectivity index (χ3n) is 2.51. The Bertz CT molecular complexity index is 95.4. The molecule has 0 unspecified atom stereocenters. The summed E-state index contributed by atoms with van der Waals surface area (Å²) in [6.45, 7) is 14.1. The average molecular weight is 275 g/mol. The quantitative estimate of drug-likeness (QED) is 0.548. The van der Waals surface area contributed by atoms with Gasteiger partial charge in [0.1, 0.15) is 0 Å². The number of hydrogen-bond acceptors (Lipinski definition) is 2. The Kier molecular flexibility index (Phi) is 38.8. The number of likely N-dealkylation sites (N-methyl/N-ethyl adjacent to an activating group) is 2. The molecule has 0 aromatic carbocycles. The van der Waals surface area contributed by atoms with Crippen LogP contribution in [0.1, 0.15) is 86.0 Å². The minimum absolute atomic E-state index is 1.06. The standard InChI is InChI=1S/C9H20.C5H14N2.C3H8/c1-3-5-7-9-8-6-4-2;1-3-7-5-4-6-2;1-3-2/h3-9H2,1-2H3;6-7H,3-5H2,1-2H3;3H2,1-2H3. The van der Waals surface area contributed by atoms with Gasteiger partial charge in [0.15, 0.2) is 0 Å². The molecule has 2 N–H and O–H groups in total. The van der Waals surface area contributed by atoms with Crippen LogP contribution in [0.2, 0.25) is 0 Å². The van der Waals surface area contributed by atoms with E-state index in [2.05, 4.69) is 45.3 Å². The van der Waals surface area contributed by atoms with Crippen molar-refractivity contribution in [2.45, 2.75) is 86.0 Å². The number of rotatable bonds is 10. The van der Waals surface area contributed by atoms with Gasteiger partial charge in [-0.3, -0.25) is 0 Å². The topological polar surface area (TPSA) is 24.1 Å². The predicted octanol–water partition coefficient (Wildman–Crippen LogP) is 4.99. The molecular weight excluding hydrogens is 232 g/mol. The third kappa shape index (κ3) is 46.2. The minimum atomic E-state index is 1.06. The molecule has 120 valence electrons. The molecule has 0 fully saturated rings. The Hall–Kier alpha value is -0.0800. The maximum absolute atomic E-state index is 3.19. The molecule has 0 saturated heterocycles. The Morgan fingerprint density at radius 2 is 1.05 bits per heavy atom. The molecule has 0 aromatic rings. The molecule has 0 radical (unpaired) electrons. The zero-order valence-corrected chi connectivity index (χ0v) is 14.8. The molecule has 0 atom stereocenters. The van der Waals surface area contributed by atoms with Gasteiger partial charge in [0.25, 0.3) is 0 Å². The van der Waals surface area contributed by atoms with Gasteiger partial charge in [0.05, 0.1) is 0 Å². The smallest absolute Gasteiger partial charge is 0.00764 e. The van der Waals surface area contributed by atoms with Crippen LogP contribution in [-0.2, 0) is 0 Å². The lowest BCUT2D eigenvalue weighted by atomic mass is 10.1. The highest BCUT2D eigenvalue weighted by molar-refractivity contribution is 4.43. The first kappa shape index (κ1) is 24.0. The normalized spacial score (nSPS) is 9.16. The summed E-state index contributed by atoms with van der Waals surface area (Å²) in [6.07, 6.45) is 11.2.